The summed E-state index contributed by atoms with van der Waals surface area (Å²) in [6.45, 7) is -1.69. The zero-order valence-electron chi connectivity index (χ0n) is 13.8. The normalized spacial score (nSPS) is 11.0. The molecule has 2 aromatic rings. The average Bonchev–Trinajstić information content (AvgIpc) is 2.58. The number of ether oxygens (including phenoxy) is 1. The van der Waals surface area contributed by atoms with E-state index in [1.807, 2.05) is 24.3 Å². The standard InChI is InChI=1S/C17H20F2N4O.HI/c1-20-17(22-10-8-14-6-2-3-9-21-14)23-12-13-5-4-7-15(11-13)24-16(18)19;/h2-7,9,11,16H,8,10,12H2,1H3,(H2,20,22,23);1H. The van der Waals surface area contributed by atoms with Crippen LogP contribution in [0.4, 0.5) is 8.78 Å². The monoisotopic (exact) mass is 462 g/mol. The van der Waals surface area contributed by atoms with E-state index in [1.54, 1.807) is 25.4 Å². The summed E-state index contributed by atoms with van der Waals surface area (Å²) in [5.74, 6) is 0.772. The van der Waals surface area contributed by atoms with Crippen molar-refractivity contribution < 1.29 is 13.5 Å². The molecule has 0 spiro atoms. The van der Waals surface area contributed by atoms with E-state index in [0.717, 1.165) is 17.7 Å². The molecule has 1 aromatic carbocycles. The van der Waals surface area contributed by atoms with Gasteiger partial charge in [0.1, 0.15) is 5.75 Å². The Hall–Kier alpha value is -1.97. The Balaban J connectivity index is 0.00000312. The van der Waals surface area contributed by atoms with E-state index in [2.05, 4.69) is 25.3 Å². The molecule has 0 aliphatic carbocycles. The molecular weight excluding hydrogens is 441 g/mol. The van der Waals surface area contributed by atoms with Gasteiger partial charge in [-0.1, -0.05) is 18.2 Å². The van der Waals surface area contributed by atoms with Crippen molar-refractivity contribution >= 4 is 29.9 Å². The van der Waals surface area contributed by atoms with Crippen molar-refractivity contribution in [1.82, 2.24) is 15.6 Å². The molecule has 2 rings (SSSR count). The molecule has 0 saturated heterocycles. The average molecular weight is 462 g/mol. The summed E-state index contributed by atoms with van der Waals surface area (Å²) in [4.78, 5) is 8.38. The quantitative estimate of drug-likeness (QED) is 0.377. The van der Waals surface area contributed by atoms with Gasteiger partial charge in [-0.2, -0.15) is 8.78 Å². The smallest absolute Gasteiger partial charge is 0.387 e. The Kier molecular flexibility index (Phi) is 9.75. The van der Waals surface area contributed by atoms with Crippen LogP contribution in [0.5, 0.6) is 5.75 Å². The summed E-state index contributed by atoms with van der Waals surface area (Å²) in [7, 11) is 1.67. The first-order valence-corrected chi connectivity index (χ1v) is 7.55. The number of aliphatic imine (C=N–C) groups is 1. The van der Waals surface area contributed by atoms with Crippen molar-refractivity contribution in [3.8, 4) is 5.75 Å². The topological polar surface area (TPSA) is 58.5 Å². The maximum absolute atomic E-state index is 12.2. The van der Waals surface area contributed by atoms with Gasteiger partial charge in [-0.3, -0.25) is 9.98 Å². The van der Waals surface area contributed by atoms with Crippen LogP contribution in [0.15, 0.2) is 53.7 Å². The fraction of sp³-hybridized carbons (Fsp3) is 0.294. The second-order valence-corrected chi connectivity index (χ2v) is 4.95. The van der Waals surface area contributed by atoms with Crippen LogP contribution in [0.1, 0.15) is 11.3 Å². The Morgan fingerprint density at radius 2 is 2.04 bits per heavy atom. The molecule has 8 heteroatoms. The molecule has 5 nitrogen and oxygen atoms in total. The Bertz CT molecular complexity index is 656. The lowest BCUT2D eigenvalue weighted by Gasteiger charge is -2.12. The number of alkyl halides is 2. The summed E-state index contributed by atoms with van der Waals surface area (Å²) in [5, 5.41) is 6.31. The molecule has 0 bridgehead atoms. The number of nitrogens with one attached hydrogen (secondary N) is 2. The van der Waals surface area contributed by atoms with Gasteiger partial charge in [0.25, 0.3) is 0 Å². The van der Waals surface area contributed by atoms with Crippen molar-refractivity contribution in [1.29, 1.82) is 0 Å². The Morgan fingerprint density at radius 1 is 1.20 bits per heavy atom. The molecule has 0 aliphatic rings. The van der Waals surface area contributed by atoms with Gasteiger partial charge in [0.05, 0.1) is 0 Å². The van der Waals surface area contributed by atoms with Gasteiger partial charge in [-0.05, 0) is 29.8 Å². The first kappa shape index (κ1) is 21.1. The number of benzene rings is 1. The number of rotatable bonds is 7. The molecule has 0 atom stereocenters. The molecule has 1 aromatic heterocycles. The van der Waals surface area contributed by atoms with E-state index in [9.17, 15) is 8.78 Å². The minimum absolute atomic E-state index is 0. The lowest BCUT2D eigenvalue weighted by atomic mass is 10.2. The van der Waals surface area contributed by atoms with Gasteiger partial charge in [0, 0.05) is 38.4 Å². The molecule has 2 N–H and O–H groups in total. The maximum Gasteiger partial charge on any atom is 0.387 e. The van der Waals surface area contributed by atoms with Gasteiger partial charge in [-0.25, -0.2) is 0 Å². The van der Waals surface area contributed by atoms with Crippen molar-refractivity contribution in [3.05, 3.63) is 59.9 Å². The van der Waals surface area contributed by atoms with Gasteiger partial charge in [0.15, 0.2) is 5.96 Å². The number of hydrogen-bond donors (Lipinski definition) is 2. The lowest BCUT2D eigenvalue weighted by molar-refractivity contribution is -0.0498. The highest BCUT2D eigenvalue weighted by Crippen LogP contribution is 2.15. The highest BCUT2D eigenvalue weighted by Gasteiger charge is 2.05. The second-order valence-electron chi connectivity index (χ2n) is 4.95. The fourth-order valence-corrected chi connectivity index (χ4v) is 2.09. The molecule has 0 aliphatic heterocycles. The predicted molar refractivity (Wildman–Crippen MR) is 105 cm³/mol. The Morgan fingerprint density at radius 3 is 2.72 bits per heavy atom. The van der Waals surface area contributed by atoms with Crippen LogP contribution < -0.4 is 15.4 Å². The number of nitrogens with zero attached hydrogens (tertiary/aromatic N) is 2. The molecule has 25 heavy (non-hydrogen) atoms. The summed E-state index contributed by atoms with van der Waals surface area (Å²) < 4.78 is 28.8. The number of guanidine groups is 1. The molecule has 0 amide bonds. The summed E-state index contributed by atoms with van der Waals surface area (Å²) in [6, 6.07) is 12.4. The third-order valence-electron chi connectivity index (χ3n) is 3.21. The van der Waals surface area contributed by atoms with E-state index < -0.39 is 6.61 Å². The predicted octanol–water partition coefficient (Wildman–Crippen LogP) is 3.21. The highest BCUT2D eigenvalue weighted by molar-refractivity contribution is 14.0. The summed E-state index contributed by atoms with van der Waals surface area (Å²) in [6.07, 6.45) is 2.54. The first-order valence-electron chi connectivity index (χ1n) is 7.55. The largest absolute Gasteiger partial charge is 0.435 e. The number of hydrogen-bond acceptors (Lipinski definition) is 3. The molecule has 1 heterocycles. The van der Waals surface area contributed by atoms with Gasteiger partial charge in [-0.15, -0.1) is 24.0 Å². The van der Waals surface area contributed by atoms with Crippen LogP contribution in [0, 0.1) is 0 Å². The van der Waals surface area contributed by atoms with Crippen molar-refractivity contribution in [2.45, 2.75) is 19.6 Å². The molecule has 0 fully saturated rings. The third-order valence-corrected chi connectivity index (χ3v) is 3.21. The van der Waals surface area contributed by atoms with Gasteiger partial charge >= 0.3 is 6.61 Å². The van der Waals surface area contributed by atoms with Crippen LogP contribution in [0.3, 0.4) is 0 Å². The van der Waals surface area contributed by atoms with Gasteiger partial charge < -0.3 is 15.4 Å². The molecule has 136 valence electrons. The van der Waals surface area contributed by atoms with E-state index in [0.29, 0.717) is 19.0 Å². The minimum Gasteiger partial charge on any atom is -0.435 e. The lowest BCUT2D eigenvalue weighted by Crippen LogP contribution is -2.37. The fourth-order valence-electron chi connectivity index (χ4n) is 2.09. The first-order chi connectivity index (χ1) is 11.7. The highest BCUT2D eigenvalue weighted by atomic mass is 127. The van der Waals surface area contributed by atoms with Crippen molar-refractivity contribution in [3.63, 3.8) is 0 Å². The van der Waals surface area contributed by atoms with Crippen LogP contribution >= 0.6 is 24.0 Å². The molecular formula is C17H21F2IN4O. The van der Waals surface area contributed by atoms with E-state index in [4.69, 9.17) is 0 Å². The molecule has 0 radical (unpaired) electrons. The van der Waals surface area contributed by atoms with Crippen molar-refractivity contribution in [2.75, 3.05) is 13.6 Å². The third kappa shape index (κ3) is 8.10. The number of halogens is 3. The van der Waals surface area contributed by atoms with Gasteiger partial charge in [0.2, 0.25) is 0 Å². The van der Waals surface area contributed by atoms with Crippen LogP contribution in [0.2, 0.25) is 0 Å². The summed E-state index contributed by atoms with van der Waals surface area (Å²) >= 11 is 0. The maximum atomic E-state index is 12.2. The SMILES string of the molecule is CN=C(NCCc1ccccn1)NCc1cccc(OC(F)F)c1.I. The van der Waals surface area contributed by atoms with Crippen LogP contribution in [-0.2, 0) is 13.0 Å². The summed E-state index contributed by atoms with van der Waals surface area (Å²) in [5.41, 5.74) is 1.82. The number of aromatic nitrogens is 1. The van der Waals surface area contributed by atoms with E-state index in [1.165, 1.54) is 6.07 Å². The second kappa shape index (κ2) is 11.6. The van der Waals surface area contributed by atoms with Crippen LogP contribution in [0.25, 0.3) is 0 Å². The Labute approximate surface area is 162 Å². The van der Waals surface area contributed by atoms with E-state index >= 15 is 0 Å². The minimum atomic E-state index is -2.82. The van der Waals surface area contributed by atoms with Crippen molar-refractivity contribution in [2.24, 2.45) is 4.99 Å². The molecule has 0 unspecified atom stereocenters. The van der Waals surface area contributed by atoms with E-state index in [-0.39, 0.29) is 29.7 Å². The zero-order chi connectivity index (χ0) is 17.2. The molecule has 0 saturated carbocycles. The number of pyridine rings is 1. The zero-order valence-corrected chi connectivity index (χ0v) is 16.1. The van der Waals surface area contributed by atoms with Crippen LogP contribution in [-0.4, -0.2) is 31.1 Å².